The molecule has 1 N–H and O–H groups in total. The normalized spacial score (nSPS) is 34.0. The zero-order chi connectivity index (χ0) is 18.0. The first kappa shape index (κ1) is 18.5. The molecule has 1 saturated carbocycles. The van der Waals surface area contributed by atoms with Crippen molar-refractivity contribution in [2.75, 3.05) is 19.7 Å². The zero-order valence-corrected chi connectivity index (χ0v) is 14.8. The first-order valence-corrected chi connectivity index (χ1v) is 9.48. The Bertz CT molecular complexity index is 509. The summed E-state index contributed by atoms with van der Waals surface area (Å²) < 4.78 is 31.3. The molecule has 3 unspecified atom stereocenters. The molecule has 0 aromatic carbocycles. The van der Waals surface area contributed by atoms with Crippen LogP contribution in [0.2, 0.25) is 0 Å². The highest BCUT2D eigenvalue weighted by atomic mass is 19.3. The van der Waals surface area contributed by atoms with Crippen molar-refractivity contribution in [1.29, 1.82) is 0 Å². The molecule has 3 fully saturated rings. The lowest BCUT2D eigenvalue weighted by molar-refractivity contribution is -0.135. The number of ether oxygens (including phenoxy) is 1. The van der Waals surface area contributed by atoms with Crippen molar-refractivity contribution in [3.8, 4) is 0 Å². The van der Waals surface area contributed by atoms with E-state index in [1.54, 1.807) is 4.90 Å². The lowest BCUT2D eigenvalue weighted by atomic mass is 9.89. The minimum Gasteiger partial charge on any atom is -0.368 e. The van der Waals surface area contributed by atoms with Crippen molar-refractivity contribution in [2.24, 2.45) is 11.8 Å². The second-order valence-electron chi connectivity index (χ2n) is 7.61. The summed E-state index contributed by atoms with van der Waals surface area (Å²) in [5.41, 5.74) is 0. The van der Waals surface area contributed by atoms with Gasteiger partial charge in [0.05, 0.1) is 0 Å². The van der Waals surface area contributed by atoms with Gasteiger partial charge in [-0.15, -0.1) is 0 Å². The van der Waals surface area contributed by atoms with Gasteiger partial charge in [0.15, 0.2) is 0 Å². The molecule has 3 rings (SSSR count). The van der Waals surface area contributed by atoms with Crippen LogP contribution in [0.1, 0.15) is 51.9 Å². The molecular weight excluding hydrogens is 330 g/mol. The quantitative estimate of drug-likeness (QED) is 0.793. The molecule has 142 valence electrons. The van der Waals surface area contributed by atoms with E-state index in [1.165, 1.54) is 0 Å². The van der Waals surface area contributed by atoms with Crippen molar-refractivity contribution in [1.82, 2.24) is 10.2 Å². The maximum absolute atomic E-state index is 12.9. The monoisotopic (exact) mass is 358 g/mol. The summed E-state index contributed by atoms with van der Waals surface area (Å²) in [7, 11) is 0. The number of carbonyl (C=O) groups excluding carboxylic acids is 2. The molecule has 0 spiro atoms. The standard InChI is InChI=1S/C18H28F2N2O3/c1-2-12-11-22(16(23)6-5-13-10-18(13,19)20)8-7-14(12)21-17(24)15-4-3-9-25-15/h12-15H,2-11H2,1H3,(H,21,24)/t12?,13?,14?,15-/m0/s1. The van der Waals surface area contributed by atoms with Crippen LogP contribution in [-0.2, 0) is 14.3 Å². The Balaban J connectivity index is 1.45. The van der Waals surface area contributed by atoms with Gasteiger partial charge < -0.3 is 15.0 Å². The van der Waals surface area contributed by atoms with E-state index in [4.69, 9.17) is 4.74 Å². The topological polar surface area (TPSA) is 58.6 Å². The molecule has 0 aromatic rings. The van der Waals surface area contributed by atoms with Crippen LogP contribution in [0, 0.1) is 11.8 Å². The number of hydrogen-bond acceptors (Lipinski definition) is 3. The number of amides is 2. The summed E-state index contributed by atoms with van der Waals surface area (Å²) in [6, 6.07) is 0.0542. The maximum Gasteiger partial charge on any atom is 0.251 e. The van der Waals surface area contributed by atoms with E-state index in [2.05, 4.69) is 12.2 Å². The van der Waals surface area contributed by atoms with Crippen molar-refractivity contribution in [3.05, 3.63) is 0 Å². The average Bonchev–Trinajstić information content (AvgIpc) is 3.00. The minimum absolute atomic E-state index is 0.0370. The van der Waals surface area contributed by atoms with E-state index in [1.807, 2.05) is 0 Å². The number of halogens is 2. The van der Waals surface area contributed by atoms with Gasteiger partial charge in [0.25, 0.3) is 5.92 Å². The lowest BCUT2D eigenvalue weighted by Gasteiger charge is -2.39. The number of rotatable bonds is 6. The molecule has 7 heteroatoms. The maximum atomic E-state index is 12.9. The number of carbonyl (C=O) groups is 2. The van der Waals surface area contributed by atoms with E-state index < -0.39 is 11.8 Å². The number of piperidine rings is 1. The number of alkyl halides is 2. The van der Waals surface area contributed by atoms with Crippen molar-refractivity contribution < 1.29 is 23.1 Å². The first-order chi connectivity index (χ1) is 11.9. The van der Waals surface area contributed by atoms with E-state index in [0.29, 0.717) is 26.1 Å². The highest BCUT2D eigenvalue weighted by Crippen LogP contribution is 2.51. The second-order valence-corrected chi connectivity index (χ2v) is 7.61. The molecule has 2 saturated heterocycles. The average molecular weight is 358 g/mol. The molecule has 4 atom stereocenters. The summed E-state index contributed by atoms with van der Waals surface area (Å²) in [5.74, 6) is -3.04. The van der Waals surface area contributed by atoms with Crippen LogP contribution in [0.15, 0.2) is 0 Å². The van der Waals surface area contributed by atoms with Gasteiger partial charge in [-0.1, -0.05) is 6.92 Å². The first-order valence-electron chi connectivity index (χ1n) is 9.48. The molecule has 3 aliphatic rings. The summed E-state index contributed by atoms with van der Waals surface area (Å²) in [6.07, 6.45) is 3.33. The second kappa shape index (κ2) is 7.56. The highest BCUT2D eigenvalue weighted by molar-refractivity contribution is 5.81. The van der Waals surface area contributed by atoms with Gasteiger partial charge >= 0.3 is 0 Å². The Kier molecular flexibility index (Phi) is 5.61. The van der Waals surface area contributed by atoms with Gasteiger partial charge in [-0.3, -0.25) is 9.59 Å². The van der Waals surface area contributed by atoms with Gasteiger partial charge in [0.1, 0.15) is 6.10 Å². The predicted molar refractivity (Wildman–Crippen MR) is 88.2 cm³/mol. The molecular formula is C18H28F2N2O3. The van der Waals surface area contributed by atoms with Crippen LogP contribution in [0.25, 0.3) is 0 Å². The smallest absolute Gasteiger partial charge is 0.251 e. The molecule has 0 bridgehead atoms. The fourth-order valence-electron chi connectivity index (χ4n) is 3.96. The van der Waals surface area contributed by atoms with Gasteiger partial charge in [-0.05, 0) is 38.0 Å². The molecule has 2 amide bonds. The summed E-state index contributed by atoms with van der Waals surface area (Å²) in [5, 5.41) is 3.09. The third-order valence-electron chi connectivity index (χ3n) is 5.82. The SMILES string of the molecule is CCC1CN(C(=O)CCC2CC2(F)F)CCC1NC(=O)[C@@H]1CCCO1. The van der Waals surface area contributed by atoms with E-state index in [0.717, 1.165) is 19.3 Å². The van der Waals surface area contributed by atoms with Crippen molar-refractivity contribution in [3.63, 3.8) is 0 Å². The fraction of sp³-hybridized carbons (Fsp3) is 0.889. The Hall–Kier alpha value is -1.24. The molecule has 5 nitrogen and oxygen atoms in total. The van der Waals surface area contributed by atoms with Gasteiger partial charge in [-0.2, -0.15) is 0 Å². The Morgan fingerprint density at radius 2 is 2.08 bits per heavy atom. The van der Waals surface area contributed by atoms with Crippen molar-refractivity contribution >= 4 is 11.8 Å². The summed E-state index contributed by atoms with van der Waals surface area (Å²) >= 11 is 0. The Morgan fingerprint density at radius 1 is 1.32 bits per heavy atom. The van der Waals surface area contributed by atoms with Crippen LogP contribution in [0.5, 0.6) is 0 Å². The highest BCUT2D eigenvalue weighted by Gasteiger charge is 2.56. The molecule has 2 aliphatic heterocycles. The van der Waals surface area contributed by atoms with Gasteiger partial charge in [0.2, 0.25) is 11.8 Å². The number of hydrogen-bond donors (Lipinski definition) is 1. The lowest BCUT2D eigenvalue weighted by Crippen LogP contribution is -2.53. The van der Waals surface area contributed by atoms with Crippen LogP contribution < -0.4 is 5.32 Å². The summed E-state index contributed by atoms with van der Waals surface area (Å²) in [6.45, 7) is 3.86. The van der Waals surface area contributed by atoms with Gasteiger partial charge in [0, 0.05) is 44.5 Å². The number of likely N-dealkylation sites (tertiary alicyclic amines) is 1. The van der Waals surface area contributed by atoms with Crippen LogP contribution in [0.4, 0.5) is 8.78 Å². The fourth-order valence-corrected chi connectivity index (χ4v) is 3.96. The van der Waals surface area contributed by atoms with Gasteiger partial charge in [-0.25, -0.2) is 8.78 Å². The molecule has 1 aliphatic carbocycles. The zero-order valence-electron chi connectivity index (χ0n) is 14.8. The molecule has 0 radical (unpaired) electrons. The largest absolute Gasteiger partial charge is 0.368 e. The third kappa shape index (κ3) is 4.49. The molecule has 0 aromatic heterocycles. The molecule has 2 heterocycles. The van der Waals surface area contributed by atoms with Crippen LogP contribution >= 0.6 is 0 Å². The number of nitrogens with one attached hydrogen (secondary N) is 1. The third-order valence-corrected chi connectivity index (χ3v) is 5.82. The minimum atomic E-state index is -2.55. The summed E-state index contributed by atoms with van der Waals surface area (Å²) in [4.78, 5) is 26.3. The predicted octanol–water partition coefficient (Wildman–Crippen LogP) is 2.34. The van der Waals surface area contributed by atoms with Crippen LogP contribution in [-0.4, -0.2) is 54.5 Å². The van der Waals surface area contributed by atoms with E-state index in [9.17, 15) is 18.4 Å². The van der Waals surface area contributed by atoms with E-state index >= 15 is 0 Å². The van der Waals surface area contributed by atoms with E-state index in [-0.39, 0.29) is 49.1 Å². The number of nitrogens with zero attached hydrogens (tertiary/aromatic N) is 1. The Labute approximate surface area is 147 Å². The molecule has 25 heavy (non-hydrogen) atoms. The Morgan fingerprint density at radius 3 is 2.68 bits per heavy atom. The van der Waals surface area contributed by atoms with Crippen LogP contribution in [0.3, 0.4) is 0 Å². The van der Waals surface area contributed by atoms with Crippen molar-refractivity contribution in [2.45, 2.75) is 69.9 Å².